The monoisotopic (exact) mass is 347 g/mol. The van der Waals surface area contributed by atoms with Crippen molar-refractivity contribution in [1.82, 2.24) is 9.88 Å². The van der Waals surface area contributed by atoms with Gasteiger partial charge in [0.1, 0.15) is 0 Å². The van der Waals surface area contributed by atoms with Gasteiger partial charge in [0.2, 0.25) is 6.79 Å². The van der Waals surface area contributed by atoms with E-state index in [0.29, 0.717) is 12.8 Å². The van der Waals surface area contributed by atoms with Crippen LogP contribution in [0.25, 0.3) is 0 Å². The van der Waals surface area contributed by atoms with Crippen LogP contribution in [0.1, 0.15) is 23.4 Å². The van der Waals surface area contributed by atoms with Crippen LogP contribution in [0, 0.1) is 0 Å². The molecule has 6 nitrogen and oxygen atoms in total. The number of fused-ring (bicyclic) bond motifs is 1. The molecule has 4 rings (SSSR count). The number of thiazole rings is 1. The third-order valence-electron chi connectivity index (χ3n) is 4.71. The summed E-state index contributed by atoms with van der Waals surface area (Å²) in [7, 11) is 0. The molecule has 1 N–H and O–H groups in total. The molecule has 0 saturated carbocycles. The fraction of sp³-hybridized carbons (Fsp3) is 0.471. The Balaban J connectivity index is 1.40. The predicted molar refractivity (Wildman–Crippen MR) is 92.8 cm³/mol. The largest absolute Gasteiger partial charge is 0.454 e. The van der Waals surface area contributed by atoms with Crippen molar-refractivity contribution in [2.75, 3.05) is 37.9 Å². The zero-order valence-corrected chi connectivity index (χ0v) is 14.5. The molecule has 1 unspecified atom stereocenters. The van der Waals surface area contributed by atoms with Crippen molar-refractivity contribution in [2.24, 2.45) is 0 Å². The highest BCUT2D eigenvalue weighted by Crippen LogP contribution is 2.35. The SMILES string of the molecule is CC(c1ccc2c(c1)OCO2)N1CCN(c2ncc(CO)s2)CC1. The second-order valence-corrected chi connectivity index (χ2v) is 7.17. The quantitative estimate of drug-likeness (QED) is 0.915. The zero-order chi connectivity index (χ0) is 16.5. The predicted octanol–water partition coefficient (Wildman–Crippen LogP) is 2.25. The number of nitrogens with zero attached hydrogens (tertiary/aromatic N) is 3. The number of hydrogen-bond acceptors (Lipinski definition) is 7. The van der Waals surface area contributed by atoms with E-state index >= 15 is 0 Å². The van der Waals surface area contributed by atoms with E-state index in [9.17, 15) is 5.11 Å². The highest BCUT2D eigenvalue weighted by molar-refractivity contribution is 7.15. The van der Waals surface area contributed by atoms with Gasteiger partial charge in [-0.15, -0.1) is 0 Å². The van der Waals surface area contributed by atoms with Crippen molar-refractivity contribution in [3.63, 3.8) is 0 Å². The Kier molecular flexibility index (Phi) is 4.30. The van der Waals surface area contributed by atoms with Crippen molar-refractivity contribution in [1.29, 1.82) is 0 Å². The molecule has 1 saturated heterocycles. The zero-order valence-electron chi connectivity index (χ0n) is 13.6. The first-order valence-electron chi connectivity index (χ1n) is 8.18. The van der Waals surface area contributed by atoms with Crippen LogP contribution in [-0.4, -0.2) is 48.0 Å². The number of hydrogen-bond donors (Lipinski definition) is 1. The maximum atomic E-state index is 9.18. The standard InChI is InChI=1S/C17H21N3O3S/c1-12(13-2-3-15-16(8-13)23-11-22-15)19-4-6-20(7-5-19)17-18-9-14(10-21)24-17/h2-3,8-9,12,21H,4-7,10-11H2,1H3. The number of piperazine rings is 1. The maximum Gasteiger partial charge on any atom is 0.231 e. The third kappa shape index (κ3) is 2.94. The van der Waals surface area contributed by atoms with Crippen molar-refractivity contribution in [3.05, 3.63) is 34.8 Å². The lowest BCUT2D eigenvalue weighted by Gasteiger charge is -2.38. The second kappa shape index (κ2) is 6.58. The Morgan fingerprint density at radius 1 is 1.21 bits per heavy atom. The van der Waals surface area contributed by atoms with Gasteiger partial charge < -0.3 is 19.5 Å². The highest BCUT2D eigenvalue weighted by Gasteiger charge is 2.25. The third-order valence-corrected chi connectivity index (χ3v) is 5.75. The van der Waals surface area contributed by atoms with Crippen LogP contribution in [-0.2, 0) is 6.61 Å². The van der Waals surface area contributed by atoms with Gasteiger partial charge in [-0.25, -0.2) is 4.98 Å². The van der Waals surface area contributed by atoms with E-state index < -0.39 is 0 Å². The molecular weight excluding hydrogens is 326 g/mol. The normalized spacial score (nSPS) is 18.8. The summed E-state index contributed by atoms with van der Waals surface area (Å²) in [5.74, 6) is 1.68. The molecule has 0 radical (unpaired) electrons. The summed E-state index contributed by atoms with van der Waals surface area (Å²) in [5.41, 5.74) is 1.25. The van der Waals surface area contributed by atoms with Gasteiger partial charge in [-0.05, 0) is 24.6 Å². The minimum Gasteiger partial charge on any atom is -0.454 e. The van der Waals surface area contributed by atoms with Crippen molar-refractivity contribution < 1.29 is 14.6 Å². The molecule has 7 heteroatoms. The van der Waals surface area contributed by atoms with Gasteiger partial charge in [0, 0.05) is 38.4 Å². The summed E-state index contributed by atoms with van der Waals surface area (Å²) in [6, 6.07) is 6.55. The van der Waals surface area contributed by atoms with Crippen molar-refractivity contribution >= 4 is 16.5 Å². The summed E-state index contributed by atoms with van der Waals surface area (Å²) in [5, 5.41) is 10.2. The molecule has 2 aliphatic rings. The van der Waals surface area contributed by atoms with Crippen LogP contribution in [0.4, 0.5) is 5.13 Å². The summed E-state index contributed by atoms with van der Waals surface area (Å²) >= 11 is 1.57. The number of rotatable bonds is 4. The van der Waals surface area contributed by atoms with Gasteiger partial charge in [0.25, 0.3) is 0 Å². The van der Waals surface area contributed by atoms with E-state index in [2.05, 4.69) is 33.8 Å². The lowest BCUT2D eigenvalue weighted by Crippen LogP contribution is -2.47. The van der Waals surface area contributed by atoms with Crippen LogP contribution in [0.2, 0.25) is 0 Å². The van der Waals surface area contributed by atoms with Crippen LogP contribution in [0.3, 0.4) is 0 Å². The van der Waals surface area contributed by atoms with E-state index in [1.165, 1.54) is 5.56 Å². The highest BCUT2D eigenvalue weighted by atomic mass is 32.1. The smallest absolute Gasteiger partial charge is 0.231 e. The lowest BCUT2D eigenvalue weighted by molar-refractivity contribution is 0.173. The van der Waals surface area contributed by atoms with Crippen LogP contribution < -0.4 is 14.4 Å². The summed E-state index contributed by atoms with van der Waals surface area (Å²) in [6.07, 6.45) is 1.77. The fourth-order valence-electron chi connectivity index (χ4n) is 3.20. The Bertz CT molecular complexity index is 713. The molecule has 2 aliphatic heterocycles. The number of anilines is 1. The number of ether oxygens (including phenoxy) is 2. The first-order valence-corrected chi connectivity index (χ1v) is 9.00. The van der Waals surface area contributed by atoms with E-state index in [0.717, 1.165) is 47.7 Å². The number of aliphatic hydroxyl groups is 1. The molecule has 2 aromatic rings. The fourth-order valence-corrected chi connectivity index (χ4v) is 4.02. The van der Waals surface area contributed by atoms with Crippen LogP contribution in [0.5, 0.6) is 11.5 Å². The average molecular weight is 347 g/mol. The van der Waals surface area contributed by atoms with Gasteiger partial charge in [-0.2, -0.15) is 0 Å². The average Bonchev–Trinajstić information content (AvgIpc) is 3.29. The second-order valence-electron chi connectivity index (χ2n) is 6.08. The van der Waals surface area contributed by atoms with Gasteiger partial charge in [0.15, 0.2) is 16.6 Å². The molecule has 3 heterocycles. The minimum atomic E-state index is 0.0682. The summed E-state index contributed by atoms with van der Waals surface area (Å²) in [6.45, 7) is 6.50. The van der Waals surface area contributed by atoms with E-state index in [4.69, 9.17) is 9.47 Å². The van der Waals surface area contributed by atoms with E-state index in [-0.39, 0.29) is 6.61 Å². The first-order chi connectivity index (χ1) is 11.7. The molecular formula is C17H21N3O3S. The minimum absolute atomic E-state index is 0.0682. The molecule has 0 spiro atoms. The van der Waals surface area contributed by atoms with Crippen LogP contribution in [0.15, 0.2) is 24.4 Å². The van der Waals surface area contributed by atoms with Gasteiger partial charge in [0.05, 0.1) is 11.5 Å². The Hall–Kier alpha value is -1.83. The Morgan fingerprint density at radius 2 is 2.00 bits per heavy atom. The topological polar surface area (TPSA) is 58.1 Å². The first kappa shape index (κ1) is 15.7. The molecule has 0 amide bonds. The maximum absolute atomic E-state index is 9.18. The van der Waals surface area contributed by atoms with E-state index in [1.807, 2.05) is 6.07 Å². The molecule has 1 aromatic heterocycles. The van der Waals surface area contributed by atoms with E-state index in [1.54, 1.807) is 17.5 Å². The summed E-state index contributed by atoms with van der Waals surface area (Å²) in [4.78, 5) is 10.1. The lowest BCUT2D eigenvalue weighted by atomic mass is 10.1. The molecule has 0 bridgehead atoms. The molecule has 1 aromatic carbocycles. The molecule has 0 aliphatic carbocycles. The molecule has 1 atom stereocenters. The van der Waals surface area contributed by atoms with Crippen LogP contribution >= 0.6 is 11.3 Å². The number of benzene rings is 1. The Labute approximate surface area is 145 Å². The molecule has 24 heavy (non-hydrogen) atoms. The van der Waals surface area contributed by atoms with Gasteiger partial charge >= 0.3 is 0 Å². The van der Waals surface area contributed by atoms with Crippen molar-refractivity contribution in [2.45, 2.75) is 19.6 Å². The molecule has 128 valence electrons. The van der Waals surface area contributed by atoms with Crippen molar-refractivity contribution in [3.8, 4) is 11.5 Å². The molecule has 1 fully saturated rings. The van der Waals surface area contributed by atoms with Gasteiger partial charge in [-0.1, -0.05) is 17.4 Å². The number of aromatic nitrogens is 1. The summed E-state index contributed by atoms with van der Waals surface area (Å²) < 4.78 is 10.9. The number of aliphatic hydroxyl groups excluding tert-OH is 1. The Morgan fingerprint density at radius 3 is 2.75 bits per heavy atom. The van der Waals surface area contributed by atoms with Gasteiger partial charge in [-0.3, -0.25) is 4.90 Å².